The molecule has 0 saturated carbocycles. The largest absolute Gasteiger partial charge is 0.306 e. The summed E-state index contributed by atoms with van der Waals surface area (Å²) in [5.41, 5.74) is 5.06. The highest BCUT2D eigenvalue weighted by Gasteiger charge is 1.94. The molecule has 0 bridgehead atoms. The van der Waals surface area contributed by atoms with Gasteiger partial charge in [0.1, 0.15) is 0 Å². The third-order valence-electron chi connectivity index (χ3n) is 3.13. The summed E-state index contributed by atoms with van der Waals surface area (Å²) in [6, 6.07) is 16.3. The molecule has 0 saturated heterocycles. The first kappa shape index (κ1) is 15.8. The van der Waals surface area contributed by atoms with Crippen LogP contribution < -0.4 is 0 Å². The minimum atomic E-state index is 0.388. The van der Waals surface area contributed by atoms with Gasteiger partial charge in [-0.15, -0.1) is 0 Å². The number of nitrogens with zero attached hydrogens (tertiary/aromatic N) is 2. The van der Waals surface area contributed by atoms with Crippen molar-refractivity contribution in [2.75, 3.05) is 13.1 Å². The molecule has 0 aromatic heterocycles. The molecule has 0 radical (unpaired) electrons. The summed E-state index contributed by atoms with van der Waals surface area (Å²) in [7, 11) is 0. The average Bonchev–Trinajstić information content (AvgIpc) is 2.47. The lowest BCUT2D eigenvalue weighted by molar-refractivity contribution is 1.17. The second-order valence-corrected chi connectivity index (χ2v) is 5.37. The van der Waals surface area contributed by atoms with Crippen LogP contribution in [-0.4, -0.2) is 31.2 Å². The Morgan fingerprint density at radius 1 is 0.864 bits per heavy atom. The number of nitrogens with one attached hydrogen (secondary N) is 1. The van der Waals surface area contributed by atoms with E-state index in [9.17, 15) is 0 Å². The molecule has 0 aliphatic rings. The van der Waals surface area contributed by atoms with Crippen molar-refractivity contribution < 1.29 is 0 Å². The van der Waals surface area contributed by atoms with Crippen LogP contribution in [0.3, 0.4) is 0 Å². The van der Waals surface area contributed by atoms with Gasteiger partial charge < -0.3 is 5.41 Å². The van der Waals surface area contributed by atoms with E-state index in [0.717, 1.165) is 11.1 Å². The predicted molar refractivity (Wildman–Crippen MR) is 95.0 cm³/mol. The maximum atomic E-state index is 7.88. The van der Waals surface area contributed by atoms with Crippen LogP contribution >= 0.6 is 0 Å². The average molecular weight is 291 g/mol. The summed E-state index contributed by atoms with van der Waals surface area (Å²) in [5.74, 6) is 0. The molecule has 0 atom stereocenters. The zero-order valence-electron chi connectivity index (χ0n) is 13.1. The summed E-state index contributed by atoms with van der Waals surface area (Å²) in [6.45, 7) is 4.89. The summed E-state index contributed by atoms with van der Waals surface area (Å²) >= 11 is 0. The number of hydrogen-bond acceptors (Lipinski definition) is 3. The van der Waals surface area contributed by atoms with E-state index in [4.69, 9.17) is 5.41 Å². The number of aliphatic imine (C=N–C) groups is 2. The molecule has 0 aliphatic heterocycles. The molecular weight excluding hydrogens is 270 g/mol. The van der Waals surface area contributed by atoms with Crippen molar-refractivity contribution in [1.29, 1.82) is 5.41 Å². The van der Waals surface area contributed by atoms with Gasteiger partial charge in [0.25, 0.3) is 0 Å². The Bertz CT molecular complexity index is 640. The van der Waals surface area contributed by atoms with Crippen molar-refractivity contribution in [3.05, 3.63) is 70.8 Å². The molecule has 22 heavy (non-hydrogen) atoms. The number of aryl methyl sites for hydroxylation is 2. The van der Waals surface area contributed by atoms with E-state index in [-0.39, 0.29) is 0 Å². The zero-order chi connectivity index (χ0) is 15.8. The minimum Gasteiger partial charge on any atom is -0.306 e. The molecule has 0 aliphatic carbocycles. The molecule has 2 aromatic carbocycles. The number of hydrogen-bond donors (Lipinski definition) is 1. The van der Waals surface area contributed by atoms with E-state index in [1.807, 2.05) is 36.7 Å². The fraction of sp³-hybridized carbons (Fsp3) is 0.211. The molecule has 1 N–H and O–H groups in total. The van der Waals surface area contributed by atoms with E-state index in [0.29, 0.717) is 18.8 Å². The topological polar surface area (TPSA) is 48.6 Å². The van der Waals surface area contributed by atoms with Gasteiger partial charge in [-0.25, -0.2) is 0 Å². The highest BCUT2D eigenvalue weighted by molar-refractivity contribution is 5.90. The lowest BCUT2D eigenvalue weighted by Crippen LogP contribution is -2.06. The Kier molecular flexibility index (Phi) is 5.78. The third-order valence-corrected chi connectivity index (χ3v) is 3.13. The Balaban J connectivity index is 1.81. The SMILES string of the molecule is Cc1cccc(C=NCC(=N)CN=Cc2cccc(C)c2)c1. The summed E-state index contributed by atoms with van der Waals surface area (Å²) in [4.78, 5) is 8.60. The van der Waals surface area contributed by atoms with E-state index >= 15 is 0 Å². The molecule has 0 heterocycles. The first-order valence-electron chi connectivity index (χ1n) is 7.33. The van der Waals surface area contributed by atoms with Gasteiger partial charge in [0.2, 0.25) is 0 Å². The molecule has 2 aromatic rings. The quantitative estimate of drug-likeness (QED) is 0.786. The van der Waals surface area contributed by atoms with E-state index in [2.05, 4.69) is 48.1 Å². The minimum absolute atomic E-state index is 0.388. The van der Waals surface area contributed by atoms with Gasteiger partial charge in [-0.05, 0) is 25.0 Å². The van der Waals surface area contributed by atoms with Gasteiger partial charge in [0.05, 0.1) is 18.8 Å². The highest BCUT2D eigenvalue weighted by atomic mass is 14.8. The summed E-state index contributed by atoms with van der Waals surface area (Å²) in [5, 5.41) is 7.88. The van der Waals surface area contributed by atoms with Gasteiger partial charge >= 0.3 is 0 Å². The van der Waals surface area contributed by atoms with Gasteiger partial charge in [-0.2, -0.15) is 0 Å². The van der Waals surface area contributed by atoms with Crippen molar-refractivity contribution in [1.82, 2.24) is 0 Å². The van der Waals surface area contributed by atoms with Crippen molar-refractivity contribution in [2.45, 2.75) is 13.8 Å². The van der Waals surface area contributed by atoms with Crippen LogP contribution in [0.5, 0.6) is 0 Å². The molecule has 0 fully saturated rings. The predicted octanol–water partition coefficient (Wildman–Crippen LogP) is 3.86. The van der Waals surface area contributed by atoms with Crippen LogP contribution in [0.4, 0.5) is 0 Å². The van der Waals surface area contributed by atoms with Crippen molar-refractivity contribution in [2.24, 2.45) is 9.98 Å². The molecular formula is C19H21N3. The normalized spacial score (nSPS) is 11.4. The van der Waals surface area contributed by atoms with Crippen LogP contribution in [0.2, 0.25) is 0 Å². The van der Waals surface area contributed by atoms with E-state index in [1.54, 1.807) is 0 Å². The Morgan fingerprint density at radius 3 is 1.73 bits per heavy atom. The van der Waals surface area contributed by atoms with Crippen molar-refractivity contribution >= 4 is 18.1 Å². The van der Waals surface area contributed by atoms with E-state index < -0.39 is 0 Å². The zero-order valence-corrected chi connectivity index (χ0v) is 13.1. The molecule has 0 spiro atoms. The Labute approximate surface area is 132 Å². The maximum Gasteiger partial charge on any atom is 0.0784 e. The van der Waals surface area contributed by atoms with Gasteiger partial charge in [-0.3, -0.25) is 9.98 Å². The lowest BCUT2D eigenvalue weighted by Gasteiger charge is -1.98. The fourth-order valence-corrected chi connectivity index (χ4v) is 2.07. The first-order valence-corrected chi connectivity index (χ1v) is 7.33. The standard InChI is InChI=1S/C19H21N3/c1-15-5-3-7-17(9-15)11-21-13-19(20)14-22-12-18-8-4-6-16(2)10-18/h3-12,20H,13-14H2,1-2H3. The summed E-state index contributed by atoms with van der Waals surface area (Å²) < 4.78 is 0. The number of rotatable bonds is 6. The smallest absolute Gasteiger partial charge is 0.0784 e. The van der Waals surface area contributed by atoms with Crippen molar-refractivity contribution in [3.8, 4) is 0 Å². The van der Waals surface area contributed by atoms with Crippen molar-refractivity contribution in [3.63, 3.8) is 0 Å². The first-order chi connectivity index (χ1) is 10.6. The Morgan fingerprint density at radius 2 is 1.32 bits per heavy atom. The Hall–Kier alpha value is -2.55. The lowest BCUT2D eigenvalue weighted by atomic mass is 10.1. The van der Waals surface area contributed by atoms with Crippen LogP contribution in [0.15, 0.2) is 58.5 Å². The van der Waals surface area contributed by atoms with Crippen LogP contribution in [-0.2, 0) is 0 Å². The fourth-order valence-electron chi connectivity index (χ4n) is 2.07. The molecule has 112 valence electrons. The molecule has 0 unspecified atom stereocenters. The molecule has 3 heteroatoms. The van der Waals surface area contributed by atoms with Crippen LogP contribution in [0.25, 0.3) is 0 Å². The molecule has 3 nitrogen and oxygen atoms in total. The number of benzene rings is 2. The van der Waals surface area contributed by atoms with Gasteiger partial charge in [0.15, 0.2) is 0 Å². The second-order valence-electron chi connectivity index (χ2n) is 5.37. The molecule has 0 amide bonds. The van der Waals surface area contributed by atoms with Gasteiger partial charge in [-0.1, -0.05) is 59.7 Å². The van der Waals surface area contributed by atoms with Crippen LogP contribution in [0.1, 0.15) is 22.3 Å². The monoisotopic (exact) mass is 291 g/mol. The molecule has 2 rings (SSSR count). The summed E-state index contributed by atoms with van der Waals surface area (Å²) in [6.07, 6.45) is 3.62. The highest BCUT2D eigenvalue weighted by Crippen LogP contribution is 2.02. The maximum absolute atomic E-state index is 7.88. The van der Waals surface area contributed by atoms with E-state index in [1.165, 1.54) is 11.1 Å². The van der Waals surface area contributed by atoms with Gasteiger partial charge in [0, 0.05) is 12.4 Å². The second kappa shape index (κ2) is 8.03. The van der Waals surface area contributed by atoms with Crippen LogP contribution in [0, 0.1) is 19.3 Å². The third kappa shape index (κ3) is 5.44.